The molecule has 128 valence electrons. The molecule has 1 aromatic heterocycles. The highest BCUT2D eigenvalue weighted by atomic mass is 35.5. The molecule has 6 heteroatoms. The number of carbonyl (C=O) groups excluding carboxylic acids is 1. The van der Waals surface area contributed by atoms with Crippen molar-refractivity contribution in [3.63, 3.8) is 0 Å². The molecule has 1 heterocycles. The van der Waals surface area contributed by atoms with Crippen molar-refractivity contribution in [3.05, 3.63) is 47.1 Å². The van der Waals surface area contributed by atoms with E-state index < -0.39 is 6.10 Å². The molecule has 1 unspecified atom stereocenters. The molecule has 0 aliphatic heterocycles. The van der Waals surface area contributed by atoms with Gasteiger partial charge in [0.05, 0.1) is 24.8 Å². The molecule has 1 aromatic carbocycles. The maximum atomic E-state index is 12.3. The summed E-state index contributed by atoms with van der Waals surface area (Å²) >= 11 is 5.84. The number of halogens is 1. The number of aromatic nitrogens is 2. The first-order chi connectivity index (χ1) is 11.6. The Morgan fingerprint density at radius 3 is 2.67 bits per heavy atom. The molecule has 0 radical (unpaired) electrons. The van der Waals surface area contributed by atoms with Crippen LogP contribution in [0.4, 0.5) is 5.82 Å². The van der Waals surface area contributed by atoms with Gasteiger partial charge < -0.3 is 10.4 Å². The summed E-state index contributed by atoms with van der Waals surface area (Å²) in [7, 11) is 0. The number of nitrogens with one attached hydrogen (secondary N) is 1. The minimum absolute atomic E-state index is 0.00250. The smallest absolute Gasteiger partial charge is 0.228 e. The number of carbonyl (C=O) groups is 1. The van der Waals surface area contributed by atoms with E-state index in [0.717, 1.165) is 12.8 Å². The second-order valence-corrected chi connectivity index (χ2v) is 6.71. The molecule has 5 nitrogen and oxygen atoms in total. The summed E-state index contributed by atoms with van der Waals surface area (Å²) in [5.41, 5.74) is 0.676. The van der Waals surface area contributed by atoms with Crippen molar-refractivity contribution in [2.75, 3.05) is 5.32 Å². The summed E-state index contributed by atoms with van der Waals surface area (Å²) in [6.07, 6.45) is 6.72. The number of hydrogen-bond donors (Lipinski definition) is 2. The maximum absolute atomic E-state index is 12.3. The highest BCUT2D eigenvalue weighted by Crippen LogP contribution is 2.30. The topological polar surface area (TPSA) is 67.2 Å². The van der Waals surface area contributed by atoms with Gasteiger partial charge in [0, 0.05) is 11.1 Å². The zero-order valence-corrected chi connectivity index (χ0v) is 14.2. The fourth-order valence-corrected chi connectivity index (χ4v) is 3.33. The van der Waals surface area contributed by atoms with Crippen LogP contribution in [0.5, 0.6) is 0 Å². The summed E-state index contributed by atoms with van der Waals surface area (Å²) in [6, 6.07) is 9.03. The Bertz CT molecular complexity index is 678. The first-order valence-corrected chi connectivity index (χ1v) is 8.78. The van der Waals surface area contributed by atoms with E-state index in [1.807, 2.05) is 4.68 Å². The lowest BCUT2D eigenvalue weighted by atomic mass is 9.96. The molecule has 3 rings (SSSR count). The van der Waals surface area contributed by atoms with E-state index in [4.69, 9.17) is 11.6 Å². The van der Waals surface area contributed by atoms with E-state index in [2.05, 4.69) is 10.4 Å². The summed E-state index contributed by atoms with van der Waals surface area (Å²) < 4.78 is 1.91. The normalized spacial score (nSPS) is 16.8. The number of hydrogen-bond acceptors (Lipinski definition) is 3. The van der Waals surface area contributed by atoms with Gasteiger partial charge in [-0.1, -0.05) is 43.0 Å². The zero-order valence-electron chi connectivity index (χ0n) is 13.5. The van der Waals surface area contributed by atoms with Crippen molar-refractivity contribution in [3.8, 4) is 0 Å². The fourth-order valence-electron chi connectivity index (χ4n) is 3.20. The summed E-state index contributed by atoms with van der Waals surface area (Å²) in [6.45, 7) is 0. The van der Waals surface area contributed by atoms with E-state index in [1.165, 1.54) is 19.3 Å². The van der Waals surface area contributed by atoms with Crippen molar-refractivity contribution in [1.82, 2.24) is 9.78 Å². The van der Waals surface area contributed by atoms with Crippen molar-refractivity contribution in [2.24, 2.45) is 0 Å². The first-order valence-electron chi connectivity index (χ1n) is 8.40. The van der Waals surface area contributed by atoms with Gasteiger partial charge in [-0.2, -0.15) is 5.10 Å². The Morgan fingerprint density at radius 1 is 1.25 bits per heavy atom. The lowest BCUT2D eigenvalue weighted by Crippen LogP contribution is -2.21. The minimum atomic E-state index is -0.853. The maximum Gasteiger partial charge on any atom is 0.228 e. The van der Waals surface area contributed by atoms with Crippen LogP contribution in [-0.4, -0.2) is 20.8 Å². The van der Waals surface area contributed by atoms with E-state index in [1.54, 1.807) is 36.5 Å². The predicted molar refractivity (Wildman–Crippen MR) is 94.0 cm³/mol. The third-order valence-corrected chi connectivity index (χ3v) is 4.74. The quantitative estimate of drug-likeness (QED) is 0.855. The average molecular weight is 348 g/mol. The van der Waals surface area contributed by atoms with E-state index in [-0.39, 0.29) is 12.3 Å². The predicted octanol–water partition coefficient (Wildman–Crippen LogP) is 4.10. The Balaban J connectivity index is 1.61. The molecular formula is C18H22ClN3O2. The minimum Gasteiger partial charge on any atom is -0.388 e. The van der Waals surface area contributed by atoms with Crippen LogP contribution in [-0.2, 0) is 4.79 Å². The van der Waals surface area contributed by atoms with Crippen LogP contribution in [0.1, 0.15) is 56.2 Å². The van der Waals surface area contributed by atoms with Crippen molar-refractivity contribution < 1.29 is 9.90 Å². The van der Waals surface area contributed by atoms with E-state index in [0.29, 0.717) is 22.4 Å². The molecule has 24 heavy (non-hydrogen) atoms. The lowest BCUT2D eigenvalue weighted by molar-refractivity contribution is -0.118. The zero-order chi connectivity index (χ0) is 16.9. The third kappa shape index (κ3) is 4.16. The van der Waals surface area contributed by atoms with E-state index in [9.17, 15) is 9.90 Å². The summed E-state index contributed by atoms with van der Waals surface area (Å²) in [4.78, 5) is 12.3. The van der Waals surface area contributed by atoms with Gasteiger partial charge in [0.15, 0.2) is 0 Å². The molecule has 0 bridgehead atoms. The highest BCUT2D eigenvalue weighted by molar-refractivity contribution is 6.30. The van der Waals surface area contributed by atoms with Crippen molar-refractivity contribution in [2.45, 2.75) is 50.7 Å². The van der Waals surface area contributed by atoms with Crippen LogP contribution >= 0.6 is 11.6 Å². The highest BCUT2D eigenvalue weighted by Gasteiger charge is 2.20. The van der Waals surface area contributed by atoms with Gasteiger partial charge in [0.2, 0.25) is 5.91 Å². The number of nitrogens with zero attached hydrogens (tertiary/aromatic N) is 2. The van der Waals surface area contributed by atoms with Crippen LogP contribution in [0.25, 0.3) is 0 Å². The van der Waals surface area contributed by atoms with Gasteiger partial charge in [-0.15, -0.1) is 0 Å². The van der Waals surface area contributed by atoms with Gasteiger partial charge in [-0.3, -0.25) is 4.79 Å². The van der Waals surface area contributed by atoms with E-state index >= 15 is 0 Å². The number of amides is 1. The molecule has 2 N–H and O–H groups in total. The van der Waals surface area contributed by atoms with Gasteiger partial charge in [-0.25, -0.2) is 4.68 Å². The average Bonchev–Trinajstić information content (AvgIpc) is 3.04. The summed E-state index contributed by atoms with van der Waals surface area (Å²) in [5, 5.41) is 18.0. The van der Waals surface area contributed by atoms with Crippen LogP contribution < -0.4 is 5.32 Å². The van der Waals surface area contributed by atoms with Crippen LogP contribution in [0.15, 0.2) is 36.5 Å². The number of aliphatic hydroxyl groups excluding tert-OH is 1. The molecule has 2 aromatic rings. The van der Waals surface area contributed by atoms with Crippen LogP contribution in [0.2, 0.25) is 5.02 Å². The molecule has 0 saturated heterocycles. The number of benzene rings is 1. The lowest BCUT2D eigenvalue weighted by Gasteiger charge is -2.24. The largest absolute Gasteiger partial charge is 0.388 e. The number of rotatable bonds is 5. The van der Waals surface area contributed by atoms with Gasteiger partial charge in [0.1, 0.15) is 5.82 Å². The second-order valence-electron chi connectivity index (χ2n) is 6.27. The standard InChI is InChI=1S/C18H22ClN3O2/c19-14-8-6-13(7-9-14)16(23)12-18(24)21-17-10-11-20-22(17)15-4-2-1-3-5-15/h6-11,15-16,23H,1-5,12H2,(H,21,24). The Hall–Kier alpha value is -1.85. The van der Waals surface area contributed by atoms with Crippen molar-refractivity contribution in [1.29, 1.82) is 0 Å². The van der Waals surface area contributed by atoms with Crippen LogP contribution in [0.3, 0.4) is 0 Å². The molecule has 1 aliphatic carbocycles. The SMILES string of the molecule is O=C(CC(O)c1ccc(Cl)cc1)Nc1ccnn1C1CCCCC1. The third-order valence-electron chi connectivity index (χ3n) is 4.49. The van der Waals surface area contributed by atoms with Gasteiger partial charge in [0.25, 0.3) is 0 Å². The molecule has 1 amide bonds. The van der Waals surface area contributed by atoms with Crippen LogP contribution in [0, 0.1) is 0 Å². The second kappa shape index (κ2) is 7.81. The Labute approximate surface area is 146 Å². The summed E-state index contributed by atoms with van der Waals surface area (Å²) in [5.74, 6) is 0.477. The fraction of sp³-hybridized carbons (Fsp3) is 0.444. The monoisotopic (exact) mass is 347 g/mol. The molecular weight excluding hydrogens is 326 g/mol. The van der Waals surface area contributed by atoms with Crippen molar-refractivity contribution >= 4 is 23.3 Å². The van der Waals surface area contributed by atoms with Gasteiger partial charge >= 0.3 is 0 Å². The molecule has 1 fully saturated rings. The first kappa shape index (κ1) is 17.0. The molecule has 1 aliphatic rings. The number of anilines is 1. The molecule has 1 atom stereocenters. The molecule has 1 saturated carbocycles. The Morgan fingerprint density at radius 2 is 1.96 bits per heavy atom. The Kier molecular flexibility index (Phi) is 5.53. The van der Waals surface area contributed by atoms with Gasteiger partial charge in [-0.05, 0) is 30.5 Å². The molecule has 0 spiro atoms. The number of aliphatic hydroxyl groups is 1.